The molecule has 0 atom stereocenters. The summed E-state index contributed by atoms with van der Waals surface area (Å²) in [7, 11) is 0. The standard InChI is InChI=1S/C13H17IN2/c1-3-16(4-2)9-11-10-7-5-6-8-12(10)15-13(11)14/h5-8,15H,3-4,9H2,1-2H3. The third-order valence-electron chi connectivity index (χ3n) is 3.04. The van der Waals surface area contributed by atoms with Crippen molar-refractivity contribution in [3.8, 4) is 0 Å². The van der Waals surface area contributed by atoms with Crippen molar-refractivity contribution in [1.82, 2.24) is 9.88 Å². The fourth-order valence-electron chi connectivity index (χ4n) is 1.99. The molecule has 2 rings (SSSR count). The summed E-state index contributed by atoms with van der Waals surface area (Å²) in [4.78, 5) is 5.88. The Morgan fingerprint density at radius 2 is 1.88 bits per heavy atom. The molecule has 1 N–H and O–H groups in total. The molecule has 0 amide bonds. The van der Waals surface area contributed by atoms with Crippen molar-refractivity contribution >= 4 is 33.5 Å². The maximum Gasteiger partial charge on any atom is 0.0828 e. The van der Waals surface area contributed by atoms with Crippen LogP contribution in [0.25, 0.3) is 10.9 Å². The predicted molar refractivity (Wildman–Crippen MR) is 77.6 cm³/mol. The minimum Gasteiger partial charge on any atom is -0.350 e. The molecule has 1 aromatic carbocycles. The van der Waals surface area contributed by atoms with Gasteiger partial charge >= 0.3 is 0 Å². The van der Waals surface area contributed by atoms with E-state index in [1.807, 2.05) is 0 Å². The van der Waals surface area contributed by atoms with E-state index in [1.54, 1.807) is 0 Å². The van der Waals surface area contributed by atoms with E-state index in [1.165, 1.54) is 20.2 Å². The lowest BCUT2D eigenvalue weighted by atomic mass is 10.1. The molecular weight excluding hydrogens is 311 g/mol. The highest BCUT2D eigenvalue weighted by molar-refractivity contribution is 14.1. The number of benzene rings is 1. The Morgan fingerprint density at radius 3 is 2.56 bits per heavy atom. The molecule has 0 bridgehead atoms. The van der Waals surface area contributed by atoms with Crippen molar-refractivity contribution in [2.24, 2.45) is 0 Å². The summed E-state index contributed by atoms with van der Waals surface area (Å²) in [5, 5.41) is 1.36. The molecule has 0 saturated heterocycles. The van der Waals surface area contributed by atoms with Gasteiger partial charge in [0.2, 0.25) is 0 Å². The Bertz CT molecular complexity index is 472. The van der Waals surface area contributed by atoms with Gasteiger partial charge in [-0.1, -0.05) is 32.0 Å². The van der Waals surface area contributed by atoms with Crippen LogP contribution in [0.15, 0.2) is 24.3 Å². The van der Waals surface area contributed by atoms with Gasteiger partial charge < -0.3 is 4.98 Å². The average Bonchev–Trinajstić information content (AvgIpc) is 2.62. The molecule has 0 aliphatic rings. The molecule has 0 unspecified atom stereocenters. The van der Waals surface area contributed by atoms with Crippen LogP contribution in [-0.2, 0) is 6.54 Å². The van der Waals surface area contributed by atoms with E-state index < -0.39 is 0 Å². The van der Waals surface area contributed by atoms with Crippen molar-refractivity contribution in [3.63, 3.8) is 0 Å². The molecule has 16 heavy (non-hydrogen) atoms. The molecule has 0 fully saturated rings. The normalized spacial score (nSPS) is 11.5. The maximum atomic E-state index is 3.44. The predicted octanol–water partition coefficient (Wildman–Crippen LogP) is 3.61. The quantitative estimate of drug-likeness (QED) is 0.850. The molecule has 3 heteroatoms. The van der Waals surface area contributed by atoms with Crippen molar-refractivity contribution in [2.75, 3.05) is 13.1 Å². The summed E-state index contributed by atoms with van der Waals surface area (Å²) in [6.07, 6.45) is 0. The number of fused-ring (bicyclic) bond motifs is 1. The van der Waals surface area contributed by atoms with E-state index in [0.717, 1.165) is 19.6 Å². The van der Waals surface area contributed by atoms with E-state index in [-0.39, 0.29) is 0 Å². The second kappa shape index (κ2) is 5.19. The van der Waals surface area contributed by atoms with Crippen molar-refractivity contribution in [2.45, 2.75) is 20.4 Å². The Kier molecular flexibility index (Phi) is 3.86. The number of aromatic amines is 1. The lowest BCUT2D eigenvalue weighted by Crippen LogP contribution is -2.22. The average molecular weight is 328 g/mol. The molecular formula is C13H17IN2. The summed E-state index contributed by atoms with van der Waals surface area (Å²) in [6.45, 7) is 7.67. The van der Waals surface area contributed by atoms with Gasteiger partial charge in [0.05, 0.1) is 3.70 Å². The highest BCUT2D eigenvalue weighted by Gasteiger charge is 2.11. The summed E-state index contributed by atoms with van der Waals surface area (Å²) in [6, 6.07) is 8.53. The Morgan fingerprint density at radius 1 is 1.19 bits per heavy atom. The molecule has 86 valence electrons. The van der Waals surface area contributed by atoms with Crippen LogP contribution in [0.5, 0.6) is 0 Å². The Hall–Kier alpha value is -0.550. The van der Waals surface area contributed by atoms with Crippen LogP contribution >= 0.6 is 22.6 Å². The van der Waals surface area contributed by atoms with E-state index in [9.17, 15) is 0 Å². The number of H-pyrrole nitrogens is 1. The van der Waals surface area contributed by atoms with Crippen LogP contribution in [0.2, 0.25) is 0 Å². The highest BCUT2D eigenvalue weighted by atomic mass is 127. The van der Waals surface area contributed by atoms with Gasteiger partial charge in [-0.05, 0) is 41.7 Å². The molecule has 0 spiro atoms. The first-order chi connectivity index (χ1) is 7.76. The summed E-state index contributed by atoms with van der Waals surface area (Å²) in [5.41, 5.74) is 2.67. The van der Waals surface area contributed by atoms with Crippen molar-refractivity contribution < 1.29 is 0 Å². The van der Waals surface area contributed by atoms with E-state index in [2.05, 4.69) is 70.6 Å². The van der Waals surface area contributed by atoms with Gasteiger partial charge in [0.1, 0.15) is 0 Å². The summed E-state index contributed by atoms with van der Waals surface area (Å²) < 4.78 is 1.27. The topological polar surface area (TPSA) is 19.0 Å². The number of aromatic nitrogens is 1. The number of nitrogens with zero attached hydrogens (tertiary/aromatic N) is 1. The number of rotatable bonds is 4. The maximum absolute atomic E-state index is 3.44. The highest BCUT2D eigenvalue weighted by Crippen LogP contribution is 2.24. The summed E-state index contributed by atoms with van der Waals surface area (Å²) >= 11 is 2.40. The Labute approximate surface area is 110 Å². The van der Waals surface area contributed by atoms with Gasteiger partial charge in [0, 0.05) is 23.0 Å². The van der Waals surface area contributed by atoms with Gasteiger partial charge in [-0.3, -0.25) is 4.90 Å². The third kappa shape index (κ3) is 2.25. The zero-order valence-electron chi connectivity index (χ0n) is 9.76. The number of hydrogen-bond acceptors (Lipinski definition) is 1. The van der Waals surface area contributed by atoms with Crippen LogP contribution in [0.1, 0.15) is 19.4 Å². The van der Waals surface area contributed by atoms with Gasteiger partial charge in [0.15, 0.2) is 0 Å². The van der Waals surface area contributed by atoms with Gasteiger partial charge in [0.25, 0.3) is 0 Å². The van der Waals surface area contributed by atoms with Crippen LogP contribution in [0.4, 0.5) is 0 Å². The van der Waals surface area contributed by atoms with Crippen molar-refractivity contribution in [3.05, 3.63) is 33.5 Å². The Balaban J connectivity index is 2.39. The van der Waals surface area contributed by atoms with Crippen LogP contribution in [0, 0.1) is 3.70 Å². The smallest absolute Gasteiger partial charge is 0.0828 e. The third-order valence-corrected chi connectivity index (χ3v) is 3.96. The zero-order chi connectivity index (χ0) is 11.5. The molecule has 0 saturated carbocycles. The van der Waals surface area contributed by atoms with E-state index in [0.29, 0.717) is 0 Å². The number of hydrogen-bond donors (Lipinski definition) is 1. The number of para-hydroxylation sites is 1. The second-order valence-electron chi connectivity index (χ2n) is 3.92. The number of nitrogens with one attached hydrogen (secondary N) is 1. The largest absolute Gasteiger partial charge is 0.350 e. The molecule has 0 radical (unpaired) electrons. The molecule has 2 nitrogen and oxygen atoms in total. The first-order valence-electron chi connectivity index (χ1n) is 5.73. The minimum absolute atomic E-state index is 1.04. The fourth-order valence-corrected chi connectivity index (χ4v) is 2.74. The first kappa shape index (κ1) is 11.9. The number of halogens is 1. The first-order valence-corrected chi connectivity index (χ1v) is 6.81. The van der Waals surface area contributed by atoms with Gasteiger partial charge in [-0.2, -0.15) is 0 Å². The van der Waals surface area contributed by atoms with Crippen molar-refractivity contribution in [1.29, 1.82) is 0 Å². The van der Waals surface area contributed by atoms with Gasteiger partial charge in [-0.25, -0.2) is 0 Å². The van der Waals surface area contributed by atoms with Gasteiger partial charge in [-0.15, -0.1) is 0 Å². The molecule has 1 aromatic heterocycles. The SMILES string of the molecule is CCN(CC)Cc1c(I)[nH]c2ccccc12. The summed E-state index contributed by atoms with van der Waals surface area (Å²) in [5.74, 6) is 0. The lowest BCUT2D eigenvalue weighted by Gasteiger charge is -2.17. The monoisotopic (exact) mass is 328 g/mol. The van der Waals surface area contributed by atoms with Crippen LogP contribution < -0.4 is 0 Å². The zero-order valence-corrected chi connectivity index (χ0v) is 11.9. The molecule has 1 heterocycles. The second-order valence-corrected chi connectivity index (χ2v) is 5.00. The van der Waals surface area contributed by atoms with E-state index in [4.69, 9.17) is 0 Å². The minimum atomic E-state index is 1.04. The van der Waals surface area contributed by atoms with Crippen LogP contribution in [-0.4, -0.2) is 23.0 Å². The lowest BCUT2D eigenvalue weighted by molar-refractivity contribution is 0.296. The van der Waals surface area contributed by atoms with E-state index >= 15 is 0 Å². The fraction of sp³-hybridized carbons (Fsp3) is 0.385. The molecule has 2 aromatic rings. The molecule has 0 aliphatic carbocycles. The van der Waals surface area contributed by atoms with Crippen LogP contribution in [0.3, 0.4) is 0 Å². The molecule has 0 aliphatic heterocycles.